The maximum absolute atomic E-state index is 12.4. The van der Waals surface area contributed by atoms with Crippen LogP contribution in [0, 0.1) is 0 Å². The topological polar surface area (TPSA) is 119 Å². The Labute approximate surface area is 345 Å². The number of hydrogen-bond donors (Lipinski definition) is 2. The first-order valence-electron chi connectivity index (χ1n) is 23.7. The quantitative estimate of drug-likeness (QED) is 0.0205. The van der Waals surface area contributed by atoms with E-state index in [-0.39, 0.29) is 13.0 Å². The number of phosphoric ester groups is 1. The summed E-state index contributed by atoms with van der Waals surface area (Å²) in [6.07, 6.45) is 51.2. The Morgan fingerprint density at radius 1 is 0.500 bits per heavy atom. The van der Waals surface area contributed by atoms with Gasteiger partial charge in [-0.25, -0.2) is 9.36 Å². The zero-order valence-electron chi connectivity index (χ0n) is 36.5. The van der Waals surface area contributed by atoms with Gasteiger partial charge < -0.3 is 19.3 Å². The second-order valence-corrected chi connectivity index (χ2v) is 17.4. The van der Waals surface area contributed by atoms with Crippen molar-refractivity contribution < 1.29 is 37.9 Å². The molecule has 0 aliphatic carbocycles. The van der Waals surface area contributed by atoms with Gasteiger partial charge in [0.25, 0.3) is 0 Å². The molecule has 8 nitrogen and oxygen atoms in total. The molecule has 0 bridgehead atoms. The predicted molar refractivity (Wildman–Crippen MR) is 235 cm³/mol. The first-order chi connectivity index (χ1) is 27.3. The lowest BCUT2D eigenvalue weighted by atomic mass is 10.0. The average molecular weight is 813 g/mol. The number of hydrogen-bond acceptors (Lipinski definition) is 6. The minimum absolute atomic E-state index is 0.198. The van der Waals surface area contributed by atoms with Crippen molar-refractivity contribution in [3.05, 3.63) is 24.3 Å². The van der Waals surface area contributed by atoms with Gasteiger partial charge in [0.1, 0.15) is 6.61 Å². The van der Waals surface area contributed by atoms with Gasteiger partial charge in [-0.3, -0.25) is 9.32 Å². The van der Waals surface area contributed by atoms with E-state index in [0.717, 1.165) is 32.1 Å². The Bertz CT molecular complexity index is 962. The number of carbonyl (C=O) groups excluding carboxylic acids is 2. The Kier molecular flexibility index (Phi) is 42.0. The number of esters is 2. The molecule has 0 aromatic carbocycles. The van der Waals surface area contributed by atoms with E-state index < -0.39 is 32.5 Å². The molecule has 0 aromatic rings. The summed E-state index contributed by atoms with van der Waals surface area (Å²) < 4.78 is 26.3. The van der Waals surface area contributed by atoms with Crippen molar-refractivity contribution >= 4 is 19.8 Å². The van der Waals surface area contributed by atoms with Crippen LogP contribution in [0.5, 0.6) is 0 Å². The van der Waals surface area contributed by atoms with Gasteiger partial charge in [0.15, 0.2) is 6.10 Å². The molecule has 0 aromatic heterocycles. The molecule has 0 saturated heterocycles. The smallest absolute Gasteiger partial charge is 0.458 e. The Balaban J connectivity index is 3.86. The highest BCUT2D eigenvalue weighted by molar-refractivity contribution is 7.46. The molecule has 330 valence electrons. The van der Waals surface area contributed by atoms with Gasteiger partial charge in [-0.2, -0.15) is 0 Å². The second-order valence-electron chi connectivity index (χ2n) is 16.2. The highest BCUT2D eigenvalue weighted by Gasteiger charge is 2.22. The van der Waals surface area contributed by atoms with E-state index in [0.29, 0.717) is 6.42 Å². The summed E-state index contributed by atoms with van der Waals surface area (Å²) in [4.78, 5) is 42.8. The maximum Gasteiger partial charge on any atom is 0.469 e. The van der Waals surface area contributed by atoms with E-state index in [2.05, 4.69) is 18.4 Å². The molecule has 2 N–H and O–H groups in total. The van der Waals surface area contributed by atoms with Crippen LogP contribution in [0.4, 0.5) is 0 Å². The minimum atomic E-state index is -4.77. The third-order valence-corrected chi connectivity index (χ3v) is 11.1. The Morgan fingerprint density at radius 3 is 1.23 bits per heavy atom. The maximum atomic E-state index is 12.4. The lowest BCUT2D eigenvalue weighted by molar-refractivity contribution is -0.159. The van der Waals surface area contributed by atoms with Crippen LogP contribution < -0.4 is 0 Å². The zero-order chi connectivity index (χ0) is 41.1. The number of ether oxygens (including phenoxy) is 2. The zero-order valence-corrected chi connectivity index (χ0v) is 37.4. The highest BCUT2D eigenvalue weighted by atomic mass is 31.2. The molecule has 56 heavy (non-hydrogen) atoms. The molecule has 1 atom stereocenters. The van der Waals surface area contributed by atoms with Crippen LogP contribution in [-0.2, 0) is 28.2 Å². The summed E-state index contributed by atoms with van der Waals surface area (Å²) >= 11 is 0. The highest BCUT2D eigenvalue weighted by Crippen LogP contribution is 2.36. The van der Waals surface area contributed by atoms with E-state index >= 15 is 0 Å². The first kappa shape index (κ1) is 54.5. The Morgan fingerprint density at radius 2 is 0.857 bits per heavy atom. The Hall–Kier alpha value is -1.47. The van der Waals surface area contributed by atoms with Gasteiger partial charge in [-0.05, 0) is 19.3 Å². The fraction of sp³-hybridized carbons (Fsp3) is 0.872. The van der Waals surface area contributed by atoms with Crippen molar-refractivity contribution in [3.8, 4) is 0 Å². The normalized spacial score (nSPS) is 12.6. The third-order valence-electron chi connectivity index (χ3n) is 10.6. The van der Waals surface area contributed by atoms with E-state index in [1.54, 1.807) is 6.08 Å². The summed E-state index contributed by atoms with van der Waals surface area (Å²) in [6.45, 7) is 3.62. The van der Waals surface area contributed by atoms with E-state index in [9.17, 15) is 14.2 Å². The number of carbonyl (C=O) groups is 2. The summed E-state index contributed by atoms with van der Waals surface area (Å²) in [5.41, 5.74) is 0. The van der Waals surface area contributed by atoms with Crippen molar-refractivity contribution in [2.75, 3.05) is 13.2 Å². The molecular weight excluding hydrogens is 723 g/mol. The van der Waals surface area contributed by atoms with E-state index in [1.807, 2.05) is 12.2 Å². The van der Waals surface area contributed by atoms with Gasteiger partial charge >= 0.3 is 19.8 Å². The molecule has 0 aliphatic heterocycles. The summed E-state index contributed by atoms with van der Waals surface area (Å²) in [5, 5.41) is 0. The summed E-state index contributed by atoms with van der Waals surface area (Å²) in [6, 6.07) is 0. The standard InChI is InChI=1S/C47H89O8P/c1-3-5-7-9-11-13-15-17-19-20-21-22-23-24-25-26-28-30-32-34-36-38-40-42-47(49)55-45(44-54-56(50,51)52)43-53-46(48)41-39-37-35-33-31-29-27-18-16-14-12-10-8-6-4-2/h35,37,39,41,45H,3-34,36,38,40,42-44H2,1-2H3,(H2,50,51,52)/b37-35+,41-39+/t45-/m1/s1. The number of rotatable bonds is 44. The van der Waals surface area contributed by atoms with Gasteiger partial charge in [0, 0.05) is 12.5 Å². The average Bonchev–Trinajstić information content (AvgIpc) is 3.17. The molecular formula is C47H89O8P. The van der Waals surface area contributed by atoms with Crippen molar-refractivity contribution in [3.63, 3.8) is 0 Å². The lowest BCUT2D eigenvalue weighted by Gasteiger charge is -2.18. The van der Waals surface area contributed by atoms with Crippen LogP contribution in [0.1, 0.15) is 245 Å². The van der Waals surface area contributed by atoms with Crippen molar-refractivity contribution in [2.45, 2.75) is 251 Å². The van der Waals surface area contributed by atoms with Crippen LogP contribution >= 0.6 is 7.82 Å². The molecule has 0 spiro atoms. The molecule has 0 saturated carbocycles. The SMILES string of the molecule is CCCCCCCCCCCCC/C=C/C=C/C(=O)OC[C@H](COP(=O)(O)O)OC(=O)CCCCCCCCCCCCCCCCCCCCCCCCC. The molecule has 9 heteroatoms. The van der Waals surface area contributed by atoms with Crippen LogP contribution in [0.2, 0.25) is 0 Å². The molecule has 0 unspecified atom stereocenters. The number of unbranched alkanes of at least 4 members (excludes halogenated alkanes) is 33. The largest absolute Gasteiger partial charge is 0.469 e. The summed E-state index contributed by atoms with van der Waals surface area (Å²) in [5.74, 6) is -1.12. The molecule has 0 radical (unpaired) electrons. The fourth-order valence-corrected chi connectivity index (χ4v) is 7.42. The molecule has 0 aliphatic rings. The minimum Gasteiger partial charge on any atom is -0.458 e. The molecule has 0 fully saturated rings. The van der Waals surface area contributed by atoms with Gasteiger partial charge in [-0.1, -0.05) is 238 Å². The van der Waals surface area contributed by atoms with Crippen LogP contribution in [0.3, 0.4) is 0 Å². The number of phosphoric acid groups is 1. The summed E-state index contributed by atoms with van der Waals surface area (Å²) in [7, 11) is -4.77. The van der Waals surface area contributed by atoms with Crippen LogP contribution in [0.25, 0.3) is 0 Å². The van der Waals surface area contributed by atoms with Crippen molar-refractivity contribution in [2.24, 2.45) is 0 Å². The third kappa shape index (κ3) is 45.2. The number of allylic oxidation sites excluding steroid dienone is 3. The van der Waals surface area contributed by atoms with E-state index in [1.165, 1.54) is 192 Å². The second kappa shape index (κ2) is 43.1. The first-order valence-corrected chi connectivity index (χ1v) is 25.2. The molecule has 0 rings (SSSR count). The van der Waals surface area contributed by atoms with Crippen LogP contribution in [0.15, 0.2) is 24.3 Å². The van der Waals surface area contributed by atoms with Gasteiger partial charge in [0.2, 0.25) is 0 Å². The molecule has 0 amide bonds. The van der Waals surface area contributed by atoms with Crippen LogP contribution in [-0.4, -0.2) is 41.0 Å². The van der Waals surface area contributed by atoms with Gasteiger partial charge in [0.05, 0.1) is 6.61 Å². The van der Waals surface area contributed by atoms with Crippen molar-refractivity contribution in [1.29, 1.82) is 0 Å². The van der Waals surface area contributed by atoms with Crippen molar-refractivity contribution in [1.82, 2.24) is 0 Å². The lowest BCUT2D eigenvalue weighted by Crippen LogP contribution is -2.29. The molecule has 0 heterocycles. The fourth-order valence-electron chi connectivity index (χ4n) is 7.05. The van der Waals surface area contributed by atoms with Gasteiger partial charge in [-0.15, -0.1) is 0 Å². The monoisotopic (exact) mass is 813 g/mol. The van der Waals surface area contributed by atoms with E-state index in [4.69, 9.17) is 19.3 Å². The predicted octanol–water partition coefficient (Wildman–Crippen LogP) is 14.7.